The van der Waals surface area contributed by atoms with Gasteiger partial charge >= 0.3 is 0 Å². The molecule has 0 N–H and O–H groups in total. The highest BCUT2D eigenvalue weighted by molar-refractivity contribution is 6.31. The second-order valence-corrected chi connectivity index (χ2v) is 6.03. The van der Waals surface area contributed by atoms with Gasteiger partial charge in [-0.15, -0.1) is 0 Å². The zero-order chi connectivity index (χ0) is 16.9. The Kier molecular flexibility index (Phi) is 4.97. The number of nitriles is 1. The van der Waals surface area contributed by atoms with Gasteiger partial charge in [-0.05, 0) is 23.8 Å². The number of carbonyl (C=O) groups is 1. The average Bonchev–Trinajstić information content (AvgIpc) is 2.63. The third-order valence-electron chi connectivity index (χ3n) is 4.14. The lowest BCUT2D eigenvalue weighted by Gasteiger charge is -2.35. The minimum Gasteiger partial charge on any atom is -0.352 e. The van der Waals surface area contributed by atoms with Crippen LogP contribution in [0.3, 0.4) is 0 Å². The predicted molar refractivity (Wildman–Crippen MR) is 92.9 cm³/mol. The van der Waals surface area contributed by atoms with Crippen LogP contribution in [-0.4, -0.2) is 42.0 Å². The molecule has 1 aliphatic heterocycles. The van der Waals surface area contributed by atoms with E-state index in [0.717, 1.165) is 5.56 Å². The summed E-state index contributed by atoms with van der Waals surface area (Å²) in [6.07, 6.45) is 2.00. The van der Waals surface area contributed by atoms with Crippen LogP contribution in [0.4, 0.5) is 5.82 Å². The topological polar surface area (TPSA) is 60.2 Å². The van der Waals surface area contributed by atoms with E-state index in [9.17, 15) is 10.1 Å². The van der Waals surface area contributed by atoms with Gasteiger partial charge in [0, 0.05) is 37.4 Å². The van der Waals surface area contributed by atoms with Gasteiger partial charge in [-0.2, -0.15) is 5.26 Å². The monoisotopic (exact) mass is 340 g/mol. The lowest BCUT2D eigenvalue weighted by atomic mass is 10.1. The number of anilines is 1. The van der Waals surface area contributed by atoms with Gasteiger partial charge in [-0.1, -0.05) is 29.8 Å². The molecule has 5 nitrogen and oxygen atoms in total. The molecule has 1 aliphatic rings. The molecule has 24 heavy (non-hydrogen) atoms. The van der Waals surface area contributed by atoms with E-state index < -0.39 is 0 Å². The first-order valence-corrected chi connectivity index (χ1v) is 8.18. The number of aromatic nitrogens is 1. The number of halogens is 1. The molecule has 0 aliphatic carbocycles. The Labute approximate surface area is 146 Å². The molecule has 0 unspecified atom stereocenters. The van der Waals surface area contributed by atoms with Crippen molar-refractivity contribution in [3.05, 3.63) is 58.7 Å². The number of amides is 1. The minimum atomic E-state index is 0.0734. The molecule has 6 heteroatoms. The lowest BCUT2D eigenvalue weighted by Crippen LogP contribution is -2.49. The maximum atomic E-state index is 12.5. The van der Waals surface area contributed by atoms with Crippen molar-refractivity contribution in [2.75, 3.05) is 31.1 Å². The van der Waals surface area contributed by atoms with Gasteiger partial charge in [0.05, 0.1) is 12.0 Å². The van der Waals surface area contributed by atoms with E-state index in [-0.39, 0.29) is 5.91 Å². The number of hydrogen-bond donors (Lipinski definition) is 0. The van der Waals surface area contributed by atoms with Gasteiger partial charge in [0.15, 0.2) is 0 Å². The summed E-state index contributed by atoms with van der Waals surface area (Å²) in [5.41, 5.74) is 1.41. The summed E-state index contributed by atoms with van der Waals surface area (Å²) < 4.78 is 0. The fourth-order valence-corrected chi connectivity index (χ4v) is 3.02. The number of nitrogens with zero attached hydrogens (tertiary/aromatic N) is 4. The second-order valence-electron chi connectivity index (χ2n) is 5.62. The third-order valence-corrected chi connectivity index (χ3v) is 4.51. The Hall–Kier alpha value is -2.58. The van der Waals surface area contributed by atoms with Gasteiger partial charge in [0.2, 0.25) is 5.91 Å². The lowest BCUT2D eigenvalue weighted by molar-refractivity contribution is -0.130. The molecule has 1 fully saturated rings. The zero-order valence-electron chi connectivity index (χ0n) is 13.2. The second kappa shape index (κ2) is 7.33. The highest BCUT2D eigenvalue weighted by atomic mass is 35.5. The Bertz CT molecular complexity index is 779. The van der Waals surface area contributed by atoms with Crippen LogP contribution >= 0.6 is 11.6 Å². The standard InChI is InChI=1S/C18H17ClN4O/c19-16-6-2-1-4-14(16)12-17(24)22-8-10-23(11-9-22)18-15(13-20)5-3-7-21-18/h1-7H,8-12H2. The van der Waals surface area contributed by atoms with Gasteiger partial charge in [0.25, 0.3) is 0 Å². The van der Waals surface area contributed by atoms with Crippen molar-refractivity contribution in [1.29, 1.82) is 5.26 Å². The molecule has 1 aromatic carbocycles. The van der Waals surface area contributed by atoms with Crippen molar-refractivity contribution in [2.24, 2.45) is 0 Å². The first-order valence-electron chi connectivity index (χ1n) is 7.80. The molecule has 0 spiro atoms. The molecule has 3 rings (SSSR count). The summed E-state index contributed by atoms with van der Waals surface area (Å²) in [6.45, 7) is 2.56. The van der Waals surface area contributed by atoms with E-state index in [4.69, 9.17) is 11.6 Å². The number of hydrogen-bond acceptors (Lipinski definition) is 4. The third kappa shape index (κ3) is 3.50. The molecule has 2 aromatic rings. The first kappa shape index (κ1) is 16.3. The molecule has 1 aromatic heterocycles. The Morgan fingerprint density at radius 1 is 1.17 bits per heavy atom. The van der Waals surface area contributed by atoms with Crippen LogP contribution in [-0.2, 0) is 11.2 Å². The molecule has 0 saturated carbocycles. The summed E-state index contributed by atoms with van der Waals surface area (Å²) in [7, 11) is 0. The molecule has 1 saturated heterocycles. The Morgan fingerprint density at radius 2 is 1.92 bits per heavy atom. The van der Waals surface area contributed by atoms with Crippen LogP contribution in [0.2, 0.25) is 5.02 Å². The van der Waals surface area contributed by atoms with Crippen molar-refractivity contribution in [1.82, 2.24) is 9.88 Å². The fraction of sp³-hybridized carbons (Fsp3) is 0.278. The number of benzene rings is 1. The van der Waals surface area contributed by atoms with Gasteiger partial charge < -0.3 is 9.80 Å². The summed E-state index contributed by atoms with van der Waals surface area (Å²) in [6, 6.07) is 13.1. The highest BCUT2D eigenvalue weighted by Gasteiger charge is 2.23. The van der Waals surface area contributed by atoms with Crippen LogP contribution in [0, 0.1) is 11.3 Å². The van der Waals surface area contributed by atoms with Crippen molar-refractivity contribution in [3.63, 3.8) is 0 Å². The van der Waals surface area contributed by atoms with Crippen LogP contribution in [0.5, 0.6) is 0 Å². The zero-order valence-corrected chi connectivity index (χ0v) is 13.9. The molecular formula is C18H17ClN4O. The molecule has 122 valence electrons. The smallest absolute Gasteiger partial charge is 0.227 e. The van der Waals surface area contributed by atoms with E-state index in [1.807, 2.05) is 23.1 Å². The van der Waals surface area contributed by atoms with Crippen LogP contribution in [0.25, 0.3) is 0 Å². The molecule has 0 atom stereocenters. The van der Waals surface area contributed by atoms with Crippen LogP contribution < -0.4 is 4.90 Å². The minimum absolute atomic E-state index is 0.0734. The number of piperazine rings is 1. The molecule has 0 bridgehead atoms. The van der Waals surface area contributed by atoms with E-state index >= 15 is 0 Å². The van der Waals surface area contributed by atoms with Gasteiger partial charge in [-0.25, -0.2) is 4.98 Å². The SMILES string of the molecule is N#Cc1cccnc1N1CCN(C(=O)Cc2ccccc2Cl)CC1. The maximum Gasteiger partial charge on any atom is 0.227 e. The van der Waals surface area contributed by atoms with E-state index in [1.54, 1.807) is 24.4 Å². The number of rotatable bonds is 3. The van der Waals surface area contributed by atoms with Crippen molar-refractivity contribution >= 4 is 23.3 Å². The van der Waals surface area contributed by atoms with Gasteiger partial charge in [-0.3, -0.25) is 4.79 Å². The Balaban J connectivity index is 1.62. The molecule has 2 heterocycles. The normalized spacial score (nSPS) is 14.3. The van der Waals surface area contributed by atoms with Gasteiger partial charge in [0.1, 0.15) is 11.9 Å². The van der Waals surface area contributed by atoms with E-state index in [1.165, 1.54) is 0 Å². The summed E-state index contributed by atoms with van der Waals surface area (Å²) in [4.78, 5) is 20.7. The van der Waals surface area contributed by atoms with Crippen molar-refractivity contribution in [2.45, 2.75) is 6.42 Å². The average molecular weight is 341 g/mol. The number of pyridine rings is 1. The Morgan fingerprint density at radius 3 is 2.62 bits per heavy atom. The number of carbonyl (C=O) groups excluding carboxylic acids is 1. The molecular weight excluding hydrogens is 324 g/mol. The maximum absolute atomic E-state index is 12.5. The summed E-state index contributed by atoms with van der Waals surface area (Å²) in [5.74, 6) is 0.766. The fourth-order valence-electron chi connectivity index (χ4n) is 2.82. The van der Waals surface area contributed by atoms with Crippen molar-refractivity contribution < 1.29 is 4.79 Å². The quantitative estimate of drug-likeness (QED) is 0.861. The highest BCUT2D eigenvalue weighted by Crippen LogP contribution is 2.20. The first-order chi connectivity index (χ1) is 11.7. The predicted octanol–water partition coefficient (Wildman–Crippen LogP) is 2.50. The summed E-state index contributed by atoms with van der Waals surface area (Å²) in [5, 5.41) is 9.81. The molecule has 1 amide bonds. The van der Waals surface area contributed by atoms with Crippen molar-refractivity contribution in [3.8, 4) is 6.07 Å². The summed E-state index contributed by atoms with van der Waals surface area (Å²) >= 11 is 6.13. The van der Waals surface area contributed by atoms with Crippen LogP contribution in [0.15, 0.2) is 42.6 Å². The van der Waals surface area contributed by atoms with Crippen LogP contribution in [0.1, 0.15) is 11.1 Å². The largest absolute Gasteiger partial charge is 0.352 e. The molecule has 0 radical (unpaired) electrons. The van der Waals surface area contributed by atoms with E-state index in [2.05, 4.69) is 16.0 Å². The van der Waals surface area contributed by atoms with E-state index in [0.29, 0.717) is 49.0 Å².